The van der Waals surface area contributed by atoms with Crippen molar-refractivity contribution < 1.29 is 14.3 Å². The SMILES string of the molecule is C=C(CC1CC(=O)N(CCN(CCN)CCN2CCOCC2)C1=O)C(C)(C)CC(C)(C)CC(C)(C)C(C)(C)C. The third-order valence-corrected chi connectivity index (χ3v) is 9.58. The van der Waals surface area contributed by atoms with E-state index in [1.807, 2.05) is 0 Å². The predicted octanol–water partition coefficient (Wildman–Crippen LogP) is 4.81. The third kappa shape index (κ3) is 9.94. The number of rotatable bonds is 15. The number of imide groups is 1. The summed E-state index contributed by atoms with van der Waals surface area (Å²) in [6.07, 6.45) is 2.98. The largest absolute Gasteiger partial charge is 0.379 e. The maximum atomic E-state index is 13.3. The second kappa shape index (κ2) is 13.6. The average molecular weight is 549 g/mol. The van der Waals surface area contributed by atoms with Gasteiger partial charge in [-0.15, -0.1) is 0 Å². The monoisotopic (exact) mass is 548 g/mol. The molecule has 1 unspecified atom stereocenters. The van der Waals surface area contributed by atoms with Gasteiger partial charge in [0, 0.05) is 58.8 Å². The van der Waals surface area contributed by atoms with Crippen LogP contribution < -0.4 is 5.73 Å². The molecule has 0 bridgehead atoms. The van der Waals surface area contributed by atoms with Crippen molar-refractivity contribution in [3.63, 3.8) is 0 Å². The van der Waals surface area contributed by atoms with E-state index < -0.39 is 0 Å². The molecule has 2 fully saturated rings. The second-order valence-corrected chi connectivity index (χ2v) is 15.2. The molecule has 1 atom stereocenters. The Morgan fingerprint density at radius 3 is 2.10 bits per heavy atom. The fourth-order valence-electron chi connectivity index (χ4n) is 6.43. The van der Waals surface area contributed by atoms with Crippen LogP contribution in [0.1, 0.15) is 88.0 Å². The number of likely N-dealkylation sites (tertiary alicyclic amines) is 1. The molecule has 0 saturated carbocycles. The second-order valence-electron chi connectivity index (χ2n) is 15.2. The van der Waals surface area contributed by atoms with E-state index in [4.69, 9.17) is 10.5 Å². The highest BCUT2D eigenvalue weighted by Gasteiger charge is 2.43. The van der Waals surface area contributed by atoms with Crippen molar-refractivity contribution in [2.75, 3.05) is 65.6 Å². The lowest BCUT2D eigenvalue weighted by Gasteiger charge is -2.46. The number of hydrogen-bond acceptors (Lipinski definition) is 6. The third-order valence-electron chi connectivity index (χ3n) is 9.58. The van der Waals surface area contributed by atoms with Crippen molar-refractivity contribution >= 4 is 11.8 Å². The quantitative estimate of drug-likeness (QED) is 0.234. The van der Waals surface area contributed by atoms with Crippen LogP contribution in [-0.2, 0) is 14.3 Å². The maximum Gasteiger partial charge on any atom is 0.233 e. The summed E-state index contributed by atoms with van der Waals surface area (Å²) in [7, 11) is 0. The molecule has 2 rings (SSSR count). The van der Waals surface area contributed by atoms with Gasteiger partial charge in [-0.3, -0.25) is 24.3 Å². The fraction of sp³-hybridized carbons (Fsp3) is 0.875. The minimum absolute atomic E-state index is 0.0362. The smallest absolute Gasteiger partial charge is 0.233 e. The van der Waals surface area contributed by atoms with E-state index in [0.29, 0.717) is 32.5 Å². The fourth-order valence-corrected chi connectivity index (χ4v) is 6.43. The Morgan fingerprint density at radius 1 is 0.949 bits per heavy atom. The van der Waals surface area contributed by atoms with Crippen LogP contribution in [0.15, 0.2) is 12.2 Å². The number of hydrogen-bond donors (Lipinski definition) is 1. The number of carbonyl (C=O) groups is 2. The van der Waals surface area contributed by atoms with Gasteiger partial charge in [0.2, 0.25) is 11.8 Å². The summed E-state index contributed by atoms with van der Waals surface area (Å²) in [5, 5.41) is 0. The molecule has 2 aliphatic rings. The Kier molecular flexibility index (Phi) is 11.8. The molecule has 226 valence electrons. The average Bonchev–Trinajstić information content (AvgIpc) is 3.06. The Balaban J connectivity index is 1.93. The lowest BCUT2D eigenvalue weighted by atomic mass is 9.59. The molecular formula is C32H60N4O3. The van der Waals surface area contributed by atoms with E-state index in [1.54, 1.807) is 0 Å². The summed E-state index contributed by atoms with van der Waals surface area (Å²) in [6.45, 7) is 33.1. The topological polar surface area (TPSA) is 79.1 Å². The van der Waals surface area contributed by atoms with Gasteiger partial charge < -0.3 is 10.5 Å². The van der Waals surface area contributed by atoms with Crippen molar-refractivity contribution in [1.82, 2.24) is 14.7 Å². The van der Waals surface area contributed by atoms with Crippen LogP contribution in [0.3, 0.4) is 0 Å². The Morgan fingerprint density at radius 2 is 1.54 bits per heavy atom. The predicted molar refractivity (Wildman–Crippen MR) is 161 cm³/mol. The van der Waals surface area contributed by atoms with E-state index >= 15 is 0 Å². The van der Waals surface area contributed by atoms with Gasteiger partial charge in [-0.25, -0.2) is 0 Å². The van der Waals surface area contributed by atoms with E-state index in [9.17, 15) is 9.59 Å². The number of nitrogens with two attached hydrogens (primary N) is 1. The molecule has 2 aliphatic heterocycles. The van der Waals surface area contributed by atoms with Crippen LogP contribution in [0.25, 0.3) is 0 Å². The van der Waals surface area contributed by atoms with Gasteiger partial charge in [0.15, 0.2) is 0 Å². The summed E-state index contributed by atoms with van der Waals surface area (Å²) in [4.78, 5) is 32.4. The molecule has 0 radical (unpaired) electrons. The lowest BCUT2D eigenvalue weighted by molar-refractivity contribution is -0.139. The summed E-state index contributed by atoms with van der Waals surface area (Å²) >= 11 is 0. The van der Waals surface area contributed by atoms with Crippen LogP contribution >= 0.6 is 0 Å². The molecule has 0 aromatic heterocycles. The summed E-state index contributed by atoms with van der Waals surface area (Å²) in [5.74, 6) is -0.385. The van der Waals surface area contributed by atoms with Crippen molar-refractivity contribution in [1.29, 1.82) is 0 Å². The van der Waals surface area contributed by atoms with Crippen LogP contribution in [0.2, 0.25) is 0 Å². The highest BCUT2D eigenvalue weighted by atomic mass is 16.5. The van der Waals surface area contributed by atoms with Crippen molar-refractivity contribution in [3.8, 4) is 0 Å². The van der Waals surface area contributed by atoms with Crippen LogP contribution in [0.4, 0.5) is 0 Å². The number of ether oxygens (including phenoxy) is 1. The lowest BCUT2D eigenvalue weighted by Crippen LogP contribution is -2.45. The van der Waals surface area contributed by atoms with E-state index in [2.05, 4.69) is 78.7 Å². The number of amides is 2. The minimum atomic E-state index is -0.297. The first-order valence-electron chi connectivity index (χ1n) is 15.1. The minimum Gasteiger partial charge on any atom is -0.379 e. The van der Waals surface area contributed by atoms with Crippen LogP contribution in [0.5, 0.6) is 0 Å². The maximum absolute atomic E-state index is 13.3. The molecule has 0 aromatic rings. The van der Waals surface area contributed by atoms with Crippen LogP contribution in [0, 0.1) is 27.6 Å². The van der Waals surface area contributed by atoms with Gasteiger partial charge >= 0.3 is 0 Å². The van der Waals surface area contributed by atoms with Gasteiger partial charge in [-0.1, -0.05) is 74.5 Å². The van der Waals surface area contributed by atoms with Crippen molar-refractivity contribution in [2.45, 2.75) is 88.0 Å². The van der Waals surface area contributed by atoms with Gasteiger partial charge in [0.1, 0.15) is 0 Å². The zero-order valence-electron chi connectivity index (χ0n) is 26.8. The molecule has 0 aliphatic carbocycles. The Hall–Kier alpha value is -1.28. The van der Waals surface area contributed by atoms with Gasteiger partial charge in [-0.05, 0) is 40.9 Å². The molecule has 7 nitrogen and oxygen atoms in total. The zero-order chi connectivity index (χ0) is 29.6. The van der Waals surface area contributed by atoms with E-state index in [1.165, 1.54) is 4.90 Å². The first-order chi connectivity index (χ1) is 17.9. The molecule has 2 saturated heterocycles. The first kappa shape index (κ1) is 33.9. The molecule has 2 heterocycles. The standard InChI is InChI=1S/C32H60N4O3/c1-25(31(7,8)23-30(5,6)24-32(9,10)29(2,3)4)21-26-22-27(37)36(28(26)38)16-15-34(12-11-33)13-14-35-17-19-39-20-18-35/h26H,1,11-24,33H2,2-10H3. The Labute approximate surface area is 239 Å². The van der Waals surface area contributed by atoms with Crippen LogP contribution in [-0.4, -0.2) is 92.1 Å². The molecule has 2 amide bonds. The van der Waals surface area contributed by atoms with Gasteiger partial charge in [-0.2, -0.15) is 0 Å². The zero-order valence-corrected chi connectivity index (χ0v) is 26.8. The molecular weight excluding hydrogens is 488 g/mol. The Bertz CT molecular complexity index is 837. The summed E-state index contributed by atoms with van der Waals surface area (Å²) in [6, 6.07) is 0. The molecule has 0 spiro atoms. The number of morpholine rings is 1. The summed E-state index contributed by atoms with van der Waals surface area (Å²) in [5.41, 5.74) is 7.35. The molecule has 0 aromatic carbocycles. The number of nitrogens with zero attached hydrogens (tertiary/aromatic N) is 3. The van der Waals surface area contributed by atoms with E-state index in [0.717, 1.165) is 64.4 Å². The van der Waals surface area contributed by atoms with Gasteiger partial charge in [0.25, 0.3) is 0 Å². The van der Waals surface area contributed by atoms with E-state index in [-0.39, 0.29) is 39.4 Å². The van der Waals surface area contributed by atoms with Crippen molar-refractivity contribution in [3.05, 3.63) is 12.2 Å². The highest BCUT2D eigenvalue weighted by molar-refractivity contribution is 6.03. The first-order valence-corrected chi connectivity index (χ1v) is 15.1. The highest BCUT2D eigenvalue weighted by Crippen LogP contribution is 2.51. The molecule has 39 heavy (non-hydrogen) atoms. The van der Waals surface area contributed by atoms with Crippen molar-refractivity contribution in [2.24, 2.45) is 33.3 Å². The normalized spacial score (nSPS) is 20.4. The van der Waals surface area contributed by atoms with Gasteiger partial charge in [0.05, 0.1) is 19.1 Å². The molecule has 2 N–H and O–H groups in total. The molecule has 7 heteroatoms. The summed E-state index contributed by atoms with van der Waals surface area (Å²) < 4.78 is 5.44. The number of carbonyl (C=O) groups excluding carboxylic acids is 2. The number of allylic oxidation sites excluding steroid dienone is 1.